The van der Waals surface area contributed by atoms with Crippen LogP contribution in [-0.2, 0) is 6.54 Å². The van der Waals surface area contributed by atoms with Crippen molar-refractivity contribution in [3.05, 3.63) is 35.4 Å². The van der Waals surface area contributed by atoms with E-state index in [0.717, 1.165) is 12.1 Å². The van der Waals surface area contributed by atoms with Gasteiger partial charge in [0.25, 0.3) is 0 Å². The van der Waals surface area contributed by atoms with Gasteiger partial charge in [-0.05, 0) is 31.2 Å². The highest BCUT2D eigenvalue weighted by atomic mass is 16.2. The summed E-state index contributed by atoms with van der Waals surface area (Å²) in [7, 11) is 0. The summed E-state index contributed by atoms with van der Waals surface area (Å²) >= 11 is 0. The van der Waals surface area contributed by atoms with Gasteiger partial charge in [0.2, 0.25) is 0 Å². The lowest BCUT2D eigenvalue weighted by molar-refractivity contribution is 0.238. The van der Waals surface area contributed by atoms with Gasteiger partial charge in [-0.2, -0.15) is 0 Å². The van der Waals surface area contributed by atoms with Crippen LogP contribution < -0.4 is 10.6 Å². The fraction of sp³-hybridized carbons (Fsp3) is 0.533. The average Bonchev–Trinajstić information content (AvgIpc) is 2.89. The minimum atomic E-state index is -0.0533. The fourth-order valence-corrected chi connectivity index (χ4v) is 2.40. The monoisotopic (exact) mass is 246 g/mol. The van der Waals surface area contributed by atoms with Crippen molar-refractivity contribution in [2.24, 2.45) is 5.92 Å². The first kappa shape index (κ1) is 12.9. The smallest absolute Gasteiger partial charge is 0.315 e. The number of carbonyl (C=O) groups is 1. The van der Waals surface area contributed by atoms with E-state index in [-0.39, 0.29) is 6.03 Å². The fourth-order valence-electron chi connectivity index (χ4n) is 2.40. The van der Waals surface area contributed by atoms with Gasteiger partial charge in [0.05, 0.1) is 0 Å². The molecule has 0 radical (unpaired) electrons. The molecule has 3 nitrogen and oxygen atoms in total. The van der Waals surface area contributed by atoms with Crippen molar-refractivity contribution in [3.8, 4) is 0 Å². The molecule has 1 aromatic rings. The average molecular weight is 246 g/mol. The summed E-state index contributed by atoms with van der Waals surface area (Å²) in [5, 5.41) is 5.85. The lowest BCUT2D eigenvalue weighted by atomic mass is 10.1. The van der Waals surface area contributed by atoms with E-state index < -0.39 is 0 Å². The highest BCUT2D eigenvalue weighted by molar-refractivity contribution is 5.73. The Labute approximate surface area is 109 Å². The lowest BCUT2D eigenvalue weighted by Gasteiger charge is -2.11. The summed E-state index contributed by atoms with van der Waals surface area (Å²) in [6.07, 6.45) is 5.16. The number of aryl methyl sites for hydroxylation is 1. The molecule has 0 aromatic heterocycles. The summed E-state index contributed by atoms with van der Waals surface area (Å²) in [4.78, 5) is 11.6. The van der Waals surface area contributed by atoms with E-state index in [2.05, 4.69) is 29.7 Å². The Kier molecular flexibility index (Phi) is 4.62. The molecule has 1 aromatic carbocycles. The Morgan fingerprint density at radius 2 is 1.83 bits per heavy atom. The largest absolute Gasteiger partial charge is 0.338 e. The van der Waals surface area contributed by atoms with Crippen LogP contribution in [0, 0.1) is 12.8 Å². The Morgan fingerprint density at radius 3 is 2.50 bits per heavy atom. The van der Waals surface area contributed by atoms with Gasteiger partial charge < -0.3 is 10.6 Å². The third kappa shape index (κ3) is 4.06. The summed E-state index contributed by atoms with van der Waals surface area (Å²) in [5.41, 5.74) is 2.38. The molecule has 18 heavy (non-hydrogen) atoms. The van der Waals surface area contributed by atoms with E-state index in [1.165, 1.54) is 31.2 Å². The third-order valence-corrected chi connectivity index (χ3v) is 3.60. The quantitative estimate of drug-likeness (QED) is 0.842. The molecule has 1 aliphatic rings. The van der Waals surface area contributed by atoms with Crippen molar-refractivity contribution in [1.29, 1.82) is 0 Å². The van der Waals surface area contributed by atoms with Crippen molar-refractivity contribution in [2.75, 3.05) is 6.54 Å². The minimum Gasteiger partial charge on any atom is -0.338 e. The zero-order valence-electron chi connectivity index (χ0n) is 11.0. The number of hydrogen-bond acceptors (Lipinski definition) is 1. The molecule has 2 amide bonds. The molecule has 1 aliphatic carbocycles. The standard InChI is InChI=1S/C15H22N2O/c1-12-6-8-14(9-7-12)11-17-15(18)16-10-13-4-2-3-5-13/h6-9,13H,2-5,10-11H2,1H3,(H2,16,17,18). The molecular formula is C15H22N2O. The van der Waals surface area contributed by atoms with Gasteiger partial charge in [0, 0.05) is 13.1 Å². The van der Waals surface area contributed by atoms with Crippen LogP contribution in [0.25, 0.3) is 0 Å². The molecular weight excluding hydrogens is 224 g/mol. The Balaban J connectivity index is 1.66. The molecule has 0 bridgehead atoms. The number of nitrogens with one attached hydrogen (secondary N) is 2. The second-order valence-electron chi connectivity index (χ2n) is 5.20. The highest BCUT2D eigenvalue weighted by Crippen LogP contribution is 2.23. The minimum absolute atomic E-state index is 0.0533. The molecule has 2 N–H and O–H groups in total. The molecule has 0 atom stereocenters. The zero-order chi connectivity index (χ0) is 12.8. The number of rotatable bonds is 4. The van der Waals surface area contributed by atoms with Gasteiger partial charge >= 0.3 is 6.03 Å². The number of amides is 2. The Hall–Kier alpha value is -1.51. The molecule has 1 fully saturated rings. The van der Waals surface area contributed by atoms with E-state index in [9.17, 15) is 4.79 Å². The summed E-state index contributed by atoms with van der Waals surface area (Å²) < 4.78 is 0. The topological polar surface area (TPSA) is 41.1 Å². The van der Waals surface area contributed by atoms with Crippen LogP contribution in [0.2, 0.25) is 0 Å². The van der Waals surface area contributed by atoms with Gasteiger partial charge in [-0.15, -0.1) is 0 Å². The second kappa shape index (κ2) is 6.43. The summed E-state index contributed by atoms with van der Waals surface area (Å²) in [5.74, 6) is 0.690. The number of urea groups is 1. The van der Waals surface area contributed by atoms with Gasteiger partial charge in [-0.3, -0.25) is 0 Å². The van der Waals surface area contributed by atoms with Crippen LogP contribution in [0.3, 0.4) is 0 Å². The van der Waals surface area contributed by atoms with Crippen LogP contribution in [0.15, 0.2) is 24.3 Å². The maximum absolute atomic E-state index is 11.6. The predicted molar refractivity (Wildman–Crippen MR) is 73.4 cm³/mol. The van der Waals surface area contributed by atoms with E-state index in [1.807, 2.05) is 12.1 Å². The van der Waals surface area contributed by atoms with Crippen LogP contribution in [0.5, 0.6) is 0 Å². The van der Waals surface area contributed by atoms with E-state index in [1.54, 1.807) is 0 Å². The molecule has 0 saturated heterocycles. The lowest BCUT2D eigenvalue weighted by Crippen LogP contribution is -2.37. The molecule has 98 valence electrons. The number of carbonyl (C=O) groups excluding carboxylic acids is 1. The second-order valence-corrected chi connectivity index (χ2v) is 5.20. The van der Waals surface area contributed by atoms with Crippen LogP contribution in [-0.4, -0.2) is 12.6 Å². The van der Waals surface area contributed by atoms with Gasteiger partial charge in [-0.1, -0.05) is 42.7 Å². The molecule has 0 unspecified atom stereocenters. The van der Waals surface area contributed by atoms with Gasteiger partial charge in [0.1, 0.15) is 0 Å². The predicted octanol–water partition coefficient (Wildman–Crippen LogP) is 2.98. The van der Waals surface area contributed by atoms with Crippen molar-refractivity contribution < 1.29 is 4.79 Å². The van der Waals surface area contributed by atoms with E-state index in [0.29, 0.717) is 12.5 Å². The van der Waals surface area contributed by atoms with Gasteiger partial charge in [-0.25, -0.2) is 4.79 Å². The first-order valence-electron chi connectivity index (χ1n) is 6.81. The SMILES string of the molecule is Cc1ccc(CNC(=O)NCC2CCCC2)cc1. The molecule has 0 aliphatic heterocycles. The zero-order valence-corrected chi connectivity index (χ0v) is 11.0. The first-order chi connectivity index (χ1) is 8.74. The van der Waals surface area contributed by atoms with Crippen molar-refractivity contribution in [1.82, 2.24) is 10.6 Å². The first-order valence-corrected chi connectivity index (χ1v) is 6.81. The molecule has 0 heterocycles. The van der Waals surface area contributed by atoms with Crippen LogP contribution in [0.1, 0.15) is 36.8 Å². The Morgan fingerprint density at radius 1 is 1.17 bits per heavy atom. The van der Waals surface area contributed by atoms with Gasteiger partial charge in [0.15, 0.2) is 0 Å². The van der Waals surface area contributed by atoms with Crippen LogP contribution in [0.4, 0.5) is 4.79 Å². The summed E-state index contributed by atoms with van der Waals surface area (Å²) in [6.45, 7) is 3.47. The molecule has 2 rings (SSSR count). The third-order valence-electron chi connectivity index (χ3n) is 3.60. The van der Waals surface area contributed by atoms with Crippen molar-refractivity contribution in [3.63, 3.8) is 0 Å². The van der Waals surface area contributed by atoms with E-state index in [4.69, 9.17) is 0 Å². The molecule has 0 spiro atoms. The van der Waals surface area contributed by atoms with Crippen molar-refractivity contribution in [2.45, 2.75) is 39.2 Å². The highest BCUT2D eigenvalue weighted by Gasteiger charge is 2.15. The Bertz CT molecular complexity index is 380. The maximum Gasteiger partial charge on any atom is 0.315 e. The number of hydrogen-bond donors (Lipinski definition) is 2. The summed E-state index contributed by atoms with van der Waals surface area (Å²) in [6, 6.07) is 8.17. The van der Waals surface area contributed by atoms with Crippen LogP contribution >= 0.6 is 0 Å². The number of benzene rings is 1. The molecule has 1 saturated carbocycles. The van der Waals surface area contributed by atoms with E-state index >= 15 is 0 Å². The van der Waals surface area contributed by atoms with Crippen molar-refractivity contribution >= 4 is 6.03 Å². The normalized spacial score (nSPS) is 15.6. The maximum atomic E-state index is 11.6. The molecule has 3 heteroatoms.